The molecule has 0 atom stereocenters. The van der Waals surface area contributed by atoms with Gasteiger partial charge in [-0.15, -0.1) is 0 Å². The minimum atomic E-state index is -0.439. The summed E-state index contributed by atoms with van der Waals surface area (Å²) in [5.41, 5.74) is 0.433. The van der Waals surface area contributed by atoms with E-state index in [1.807, 2.05) is 0 Å². The van der Waals surface area contributed by atoms with Crippen LogP contribution in [0.25, 0.3) is 0 Å². The summed E-state index contributed by atoms with van der Waals surface area (Å²) < 4.78 is 11.0. The van der Waals surface area contributed by atoms with Crippen LogP contribution in [-0.2, 0) is 0 Å². The predicted molar refractivity (Wildman–Crippen MR) is 77.1 cm³/mol. The van der Waals surface area contributed by atoms with Crippen molar-refractivity contribution in [1.82, 2.24) is 0 Å². The quantitative estimate of drug-likeness (QED) is 0.616. The smallest absolute Gasteiger partial charge is 0.343 e. The fraction of sp³-hybridized carbons (Fsp3) is 0.0714. The zero-order chi connectivity index (χ0) is 13.8. The van der Waals surface area contributed by atoms with Crippen LogP contribution < -0.4 is 9.47 Å². The van der Waals surface area contributed by atoms with E-state index >= 15 is 0 Å². The van der Waals surface area contributed by atoms with Gasteiger partial charge < -0.3 is 9.47 Å². The molecule has 2 rings (SSSR count). The highest BCUT2D eigenvalue weighted by molar-refractivity contribution is 9.10. The Morgan fingerprint density at radius 2 is 1.84 bits per heavy atom. The Morgan fingerprint density at radius 3 is 2.42 bits per heavy atom. The van der Waals surface area contributed by atoms with Crippen molar-refractivity contribution in [3.8, 4) is 11.5 Å². The van der Waals surface area contributed by atoms with Crippen molar-refractivity contribution in [2.75, 3.05) is 7.11 Å². The maximum absolute atomic E-state index is 11.9. The highest BCUT2D eigenvalue weighted by Crippen LogP contribution is 2.26. The van der Waals surface area contributed by atoms with Gasteiger partial charge in [0.1, 0.15) is 11.5 Å². The fourth-order valence-corrected chi connectivity index (χ4v) is 2.13. The summed E-state index contributed by atoms with van der Waals surface area (Å²) in [5, 5.41) is 0.590. The largest absolute Gasteiger partial charge is 0.496 e. The summed E-state index contributed by atoms with van der Waals surface area (Å²) in [6.45, 7) is 0. The van der Waals surface area contributed by atoms with E-state index in [-0.39, 0.29) is 0 Å². The molecule has 0 aromatic heterocycles. The van der Waals surface area contributed by atoms with Crippen molar-refractivity contribution >= 4 is 33.5 Å². The van der Waals surface area contributed by atoms with Gasteiger partial charge in [0.15, 0.2) is 0 Å². The second kappa shape index (κ2) is 6.08. The second-order valence-corrected chi connectivity index (χ2v) is 4.98. The zero-order valence-electron chi connectivity index (χ0n) is 10.0. The number of benzene rings is 2. The number of hydrogen-bond donors (Lipinski definition) is 0. The van der Waals surface area contributed by atoms with Crippen LogP contribution in [0.4, 0.5) is 0 Å². The van der Waals surface area contributed by atoms with Gasteiger partial charge in [-0.2, -0.15) is 0 Å². The number of halogens is 2. The van der Waals surface area contributed by atoms with Gasteiger partial charge in [0, 0.05) is 5.02 Å². The molecule has 98 valence electrons. The predicted octanol–water partition coefficient (Wildman–Crippen LogP) is 4.33. The number of esters is 1. The molecule has 0 saturated carbocycles. The summed E-state index contributed by atoms with van der Waals surface area (Å²) in [7, 11) is 1.56. The highest BCUT2D eigenvalue weighted by Gasteiger charge is 2.11. The van der Waals surface area contributed by atoms with Crippen molar-refractivity contribution in [3.05, 3.63) is 57.5 Å². The maximum atomic E-state index is 11.9. The fourth-order valence-electron chi connectivity index (χ4n) is 1.46. The minimum Gasteiger partial charge on any atom is -0.496 e. The van der Waals surface area contributed by atoms with E-state index in [0.717, 1.165) is 0 Å². The molecule has 2 aromatic rings. The molecule has 0 aliphatic heterocycles. The summed E-state index contributed by atoms with van der Waals surface area (Å²) in [6.07, 6.45) is 0. The van der Waals surface area contributed by atoms with Crippen LogP contribution in [0.3, 0.4) is 0 Å². The average molecular weight is 342 g/mol. The first-order valence-electron chi connectivity index (χ1n) is 5.41. The van der Waals surface area contributed by atoms with E-state index in [9.17, 15) is 4.79 Å². The van der Waals surface area contributed by atoms with Crippen molar-refractivity contribution in [2.24, 2.45) is 0 Å². The molecule has 19 heavy (non-hydrogen) atoms. The molecule has 2 aromatic carbocycles. The number of methoxy groups -OCH3 is 1. The van der Waals surface area contributed by atoms with Gasteiger partial charge in [0.25, 0.3) is 0 Å². The van der Waals surface area contributed by atoms with E-state index < -0.39 is 5.97 Å². The molecule has 0 heterocycles. The molecule has 0 saturated heterocycles. The van der Waals surface area contributed by atoms with Crippen molar-refractivity contribution in [1.29, 1.82) is 0 Å². The van der Waals surface area contributed by atoms with Crippen molar-refractivity contribution < 1.29 is 14.3 Å². The molecule has 0 fully saturated rings. The van der Waals surface area contributed by atoms with Crippen molar-refractivity contribution in [2.45, 2.75) is 0 Å². The number of hydrogen-bond acceptors (Lipinski definition) is 3. The van der Waals surface area contributed by atoms with E-state index in [2.05, 4.69) is 15.9 Å². The maximum Gasteiger partial charge on any atom is 0.343 e. The van der Waals surface area contributed by atoms with Crippen LogP contribution in [0.1, 0.15) is 10.4 Å². The van der Waals surface area contributed by atoms with Crippen LogP contribution >= 0.6 is 27.5 Å². The zero-order valence-corrected chi connectivity index (χ0v) is 12.4. The lowest BCUT2D eigenvalue weighted by Gasteiger charge is -2.07. The Morgan fingerprint density at radius 1 is 1.16 bits per heavy atom. The summed E-state index contributed by atoms with van der Waals surface area (Å²) >= 11 is 9.08. The van der Waals surface area contributed by atoms with Crippen LogP contribution in [-0.4, -0.2) is 13.1 Å². The van der Waals surface area contributed by atoms with E-state index in [0.29, 0.717) is 26.6 Å². The molecule has 0 spiro atoms. The Kier molecular flexibility index (Phi) is 4.45. The van der Waals surface area contributed by atoms with Crippen LogP contribution in [0.15, 0.2) is 46.9 Å². The summed E-state index contributed by atoms with van der Waals surface area (Å²) in [4.78, 5) is 11.9. The molecule has 5 heteroatoms. The molecule has 0 radical (unpaired) electrons. The van der Waals surface area contributed by atoms with Crippen molar-refractivity contribution in [3.63, 3.8) is 0 Å². The van der Waals surface area contributed by atoms with Gasteiger partial charge >= 0.3 is 5.97 Å². The number of rotatable bonds is 3. The molecule has 0 aliphatic carbocycles. The standard InChI is InChI=1S/C14H10BrClO3/c1-18-13-7-2-9(8-12(13)15)14(17)19-11-5-3-10(16)4-6-11/h2-8H,1H3. The van der Waals surface area contributed by atoms with Gasteiger partial charge in [0.05, 0.1) is 17.1 Å². The topological polar surface area (TPSA) is 35.5 Å². The molecule has 0 N–H and O–H groups in total. The third-order valence-corrected chi connectivity index (χ3v) is 3.28. The monoisotopic (exact) mass is 340 g/mol. The molecule has 3 nitrogen and oxygen atoms in total. The van der Waals surface area contributed by atoms with E-state index in [1.165, 1.54) is 0 Å². The van der Waals surface area contributed by atoms with Crippen LogP contribution in [0.5, 0.6) is 11.5 Å². The first kappa shape index (κ1) is 13.9. The Bertz CT molecular complexity index is 596. The average Bonchev–Trinajstić information content (AvgIpc) is 2.41. The lowest BCUT2D eigenvalue weighted by molar-refractivity contribution is 0.0734. The van der Waals surface area contributed by atoms with Gasteiger partial charge in [-0.3, -0.25) is 0 Å². The van der Waals surface area contributed by atoms with E-state index in [4.69, 9.17) is 21.1 Å². The second-order valence-electron chi connectivity index (χ2n) is 3.69. The molecule has 0 aliphatic rings. The highest BCUT2D eigenvalue weighted by atomic mass is 79.9. The molecule has 0 bridgehead atoms. The molecular formula is C14H10BrClO3. The third kappa shape index (κ3) is 3.49. The first-order valence-corrected chi connectivity index (χ1v) is 6.58. The Labute approximate surface area is 124 Å². The molecule has 0 unspecified atom stereocenters. The Balaban J connectivity index is 2.16. The van der Waals surface area contributed by atoms with Crippen LogP contribution in [0.2, 0.25) is 5.02 Å². The van der Waals surface area contributed by atoms with Crippen LogP contribution in [0, 0.1) is 0 Å². The van der Waals surface area contributed by atoms with Gasteiger partial charge in [-0.05, 0) is 58.4 Å². The van der Waals surface area contributed by atoms with Gasteiger partial charge in [0.2, 0.25) is 0 Å². The summed E-state index contributed by atoms with van der Waals surface area (Å²) in [6, 6.07) is 11.6. The number of ether oxygens (including phenoxy) is 2. The lowest BCUT2D eigenvalue weighted by Crippen LogP contribution is -2.08. The van der Waals surface area contributed by atoms with Gasteiger partial charge in [-0.25, -0.2) is 4.79 Å². The Hall–Kier alpha value is -1.52. The molecular weight excluding hydrogens is 332 g/mol. The third-order valence-electron chi connectivity index (χ3n) is 2.41. The number of carbonyl (C=O) groups is 1. The first-order chi connectivity index (χ1) is 9.10. The molecule has 0 amide bonds. The SMILES string of the molecule is COc1ccc(C(=O)Oc2ccc(Cl)cc2)cc1Br. The van der Waals surface area contributed by atoms with Gasteiger partial charge in [-0.1, -0.05) is 11.6 Å². The normalized spacial score (nSPS) is 10.1. The number of carbonyl (C=O) groups excluding carboxylic acids is 1. The lowest BCUT2D eigenvalue weighted by atomic mass is 10.2. The summed E-state index contributed by atoms with van der Waals surface area (Å²) in [5.74, 6) is 0.662. The van der Waals surface area contributed by atoms with E-state index in [1.54, 1.807) is 49.6 Å². The minimum absolute atomic E-state index is 0.433.